The Balaban J connectivity index is 2.55. The zero-order chi connectivity index (χ0) is 14.7. The molecule has 0 aliphatic rings. The third kappa shape index (κ3) is 3.17. The van der Waals surface area contributed by atoms with E-state index in [1.807, 2.05) is 19.9 Å². The summed E-state index contributed by atoms with van der Waals surface area (Å²) in [5.41, 5.74) is 2.12. The predicted molar refractivity (Wildman–Crippen MR) is 78.1 cm³/mol. The van der Waals surface area contributed by atoms with Crippen molar-refractivity contribution in [3.63, 3.8) is 0 Å². The quantitative estimate of drug-likeness (QED) is 0.867. The van der Waals surface area contributed by atoms with E-state index in [1.54, 1.807) is 12.1 Å². The van der Waals surface area contributed by atoms with Gasteiger partial charge in [0, 0.05) is 10.6 Å². The van der Waals surface area contributed by atoms with Crippen molar-refractivity contribution in [3.8, 4) is 0 Å². The summed E-state index contributed by atoms with van der Waals surface area (Å²) in [6.45, 7) is 4.48. The van der Waals surface area contributed by atoms with Gasteiger partial charge in [0.2, 0.25) is 0 Å². The first kappa shape index (κ1) is 14.9. The first-order valence-corrected chi connectivity index (χ1v) is 6.85. The highest BCUT2D eigenvalue weighted by atomic mass is 35.5. The predicted octanol–water partition coefficient (Wildman–Crippen LogP) is 4.63. The molecule has 1 atom stereocenters. The lowest BCUT2D eigenvalue weighted by molar-refractivity contribution is 0.544. The number of halogens is 3. The molecule has 2 aromatic carbocycles. The number of benzene rings is 2. The average molecular weight is 296 g/mol. The van der Waals surface area contributed by atoms with Gasteiger partial charge in [0.1, 0.15) is 11.6 Å². The molecular weight excluding hydrogens is 280 g/mol. The van der Waals surface area contributed by atoms with E-state index in [0.717, 1.165) is 23.3 Å². The molecule has 4 heteroatoms. The minimum Gasteiger partial charge on any atom is -0.306 e. The third-order valence-corrected chi connectivity index (χ3v) is 3.46. The van der Waals surface area contributed by atoms with Gasteiger partial charge in [-0.3, -0.25) is 0 Å². The van der Waals surface area contributed by atoms with E-state index < -0.39 is 17.7 Å². The summed E-state index contributed by atoms with van der Waals surface area (Å²) in [6.07, 6.45) is 0. The molecule has 0 aromatic heterocycles. The van der Waals surface area contributed by atoms with Crippen LogP contribution < -0.4 is 5.32 Å². The van der Waals surface area contributed by atoms with E-state index in [4.69, 9.17) is 11.6 Å². The van der Waals surface area contributed by atoms with Gasteiger partial charge in [-0.1, -0.05) is 24.6 Å². The molecule has 0 saturated carbocycles. The van der Waals surface area contributed by atoms with Crippen molar-refractivity contribution >= 4 is 11.6 Å². The Morgan fingerprint density at radius 3 is 2.55 bits per heavy atom. The molecule has 0 amide bonds. The van der Waals surface area contributed by atoms with Crippen molar-refractivity contribution in [1.82, 2.24) is 5.32 Å². The maximum Gasteiger partial charge on any atom is 0.128 e. The lowest BCUT2D eigenvalue weighted by Gasteiger charge is -2.21. The number of nitrogens with one attached hydrogen (secondary N) is 1. The molecule has 20 heavy (non-hydrogen) atoms. The summed E-state index contributed by atoms with van der Waals surface area (Å²) >= 11 is 6.02. The van der Waals surface area contributed by atoms with Gasteiger partial charge >= 0.3 is 0 Å². The Kier molecular flexibility index (Phi) is 4.73. The number of rotatable bonds is 4. The molecule has 0 aliphatic carbocycles. The SMILES string of the molecule is CCNC(c1cc(Cl)ccc1C)c1cc(F)ccc1F. The van der Waals surface area contributed by atoms with E-state index in [-0.39, 0.29) is 5.56 Å². The van der Waals surface area contributed by atoms with Crippen LogP contribution in [0.3, 0.4) is 0 Å². The minimum absolute atomic E-state index is 0.289. The zero-order valence-electron chi connectivity index (χ0n) is 11.4. The summed E-state index contributed by atoms with van der Waals surface area (Å²) in [5, 5.41) is 3.76. The monoisotopic (exact) mass is 295 g/mol. The van der Waals surface area contributed by atoms with Crippen LogP contribution in [0.4, 0.5) is 8.78 Å². The summed E-state index contributed by atoms with van der Waals surface area (Å²) in [7, 11) is 0. The molecule has 2 rings (SSSR count). The van der Waals surface area contributed by atoms with Crippen molar-refractivity contribution < 1.29 is 8.78 Å². The Labute approximate surface area is 122 Å². The Bertz CT molecular complexity index is 562. The topological polar surface area (TPSA) is 12.0 Å². The van der Waals surface area contributed by atoms with Gasteiger partial charge in [0.25, 0.3) is 0 Å². The Morgan fingerprint density at radius 2 is 1.85 bits per heavy atom. The number of aryl methyl sites for hydroxylation is 1. The van der Waals surface area contributed by atoms with Crippen molar-refractivity contribution in [1.29, 1.82) is 0 Å². The Hall–Kier alpha value is -1.45. The molecule has 0 fully saturated rings. The van der Waals surface area contributed by atoms with Crippen LogP contribution in [0.15, 0.2) is 36.4 Å². The molecule has 0 heterocycles. The first-order chi connectivity index (χ1) is 9.52. The van der Waals surface area contributed by atoms with Crippen LogP contribution in [-0.4, -0.2) is 6.54 Å². The molecule has 1 N–H and O–H groups in total. The smallest absolute Gasteiger partial charge is 0.128 e. The van der Waals surface area contributed by atoms with Gasteiger partial charge in [0.05, 0.1) is 6.04 Å². The van der Waals surface area contributed by atoms with Crippen LogP contribution in [0, 0.1) is 18.6 Å². The second-order valence-electron chi connectivity index (χ2n) is 4.66. The van der Waals surface area contributed by atoms with Crippen molar-refractivity contribution in [2.45, 2.75) is 19.9 Å². The Morgan fingerprint density at radius 1 is 1.10 bits per heavy atom. The van der Waals surface area contributed by atoms with Gasteiger partial charge in [-0.25, -0.2) is 8.78 Å². The van der Waals surface area contributed by atoms with Crippen LogP contribution in [0.2, 0.25) is 5.02 Å². The van der Waals surface area contributed by atoms with Crippen LogP contribution in [0.1, 0.15) is 29.7 Å². The lowest BCUT2D eigenvalue weighted by atomic mass is 9.94. The zero-order valence-corrected chi connectivity index (χ0v) is 12.1. The molecule has 0 bridgehead atoms. The fraction of sp³-hybridized carbons (Fsp3) is 0.250. The number of hydrogen-bond donors (Lipinski definition) is 1. The number of hydrogen-bond acceptors (Lipinski definition) is 1. The van der Waals surface area contributed by atoms with Crippen LogP contribution in [0.5, 0.6) is 0 Å². The van der Waals surface area contributed by atoms with Gasteiger partial charge in [-0.15, -0.1) is 0 Å². The molecule has 0 spiro atoms. The summed E-state index contributed by atoms with van der Waals surface area (Å²) in [6, 6.07) is 8.51. The lowest BCUT2D eigenvalue weighted by Crippen LogP contribution is -2.24. The van der Waals surface area contributed by atoms with Gasteiger partial charge in [0.15, 0.2) is 0 Å². The fourth-order valence-electron chi connectivity index (χ4n) is 2.25. The second-order valence-corrected chi connectivity index (χ2v) is 5.09. The molecule has 0 radical (unpaired) electrons. The van der Waals surface area contributed by atoms with Crippen LogP contribution in [0.25, 0.3) is 0 Å². The summed E-state index contributed by atoms with van der Waals surface area (Å²) in [4.78, 5) is 0. The van der Waals surface area contributed by atoms with E-state index in [0.29, 0.717) is 11.6 Å². The average Bonchev–Trinajstić information content (AvgIpc) is 2.42. The summed E-state index contributed by atoms with van der Waals surface area (Å²) < 4.78 is 27.4. The maximum atomic E-state index is 14.0. The van der Waals surface area contributed by atoms with Crippen molar-refractivity contribution in [2.75, 3.05) is 6.54 Å². The molecule has 1 nitrogen and oxygen atoms in total. The highest BCUT2D eigenvalue weighted by Gasteiger charge is 2.19. The highest BCUT2D eigenvalue weighted by Crippen LogP contribution is 2.29. The van der Waals surface area contributed by atoms with Crippen molar-refractivity contribution in [3.05, 3.63) is 69.7 Å². The molecule has 0 saturated heterocycles. The third-order valence-electron chi connectivity index (χ3n) is 3.23. The molecule has 0 aliphatic heterocycles. The molecular formula is C16H16ClF2N. The largest absolute Gasteiger partial charge is 0.306 e. The van der Waals surface area contributed by atoms with Gasteiger partial charge in [-0.05, 0) is 54.9 Å². The molecule has 2 aromatic rings. The van der Waals surface area contributed by atoms with E-state index in [9.17, 15) is 8.78 Å². The first-order valence-electron chi connectivity index (χ1n) is 6.47. The van der Waals surface area contributed by atoms with Crippen molar-refractivity contribution in [2.24, 2.45) is 0 Å². The fourth-order valence-corrected chi connectivity index (χ4v) is 2.43. The van der Waals surface area contributed by atoms with E-state index in [2.05, 4.69) is 5.32 Å². The van der Waals surface area contributed by atoms with Gasteiger partial charge < -0.3 is 5.32 Å². The van der Waals surface area contributed by atoms with Crippen LogP contribution in [-0.2, 0) is 0 Å². The van der Waals surface area contributed by atoms with Gasteiger partial charge in [-0.2, -0.15) is 0 Å². The minimum atomic E-state index is -0.455. The van der Waals surface area contributed by atoms with E-state index in [1.165, 1.54) is 6.07 Å². The maximum absolute atomic E-state index is 14.0. The van der Waals surface area contributed by atoms with E-state index >= 15 is 0 Å². The van der Waals surface area contributed by atoms with Crippen LogP contribution >= 0.6 is 11.6 Å². The summed E-state index contributed by atoms with van der Waals surface area (Å²) in [5.74, 6) is -0.888. The second kappa shape index (κ2) is 6.33. The molecule has 106 valence electrons. The molecule has 1 unspecified atom stereocenters. The normalized spacial score (nSPS) is 12.4. The standard InChI is InChI=1S/C16H16ClF2N/c1-3-20-16(13-8-11(17)5-4-10(13)2)14-9-12(18)6-7-15(14)19/h4-9,16,20H,3H2,1-2H3. The highest BCUT2D eigenvalue weighted by molar-refractivity contribution is 6.30.